The van der Waals surface area contributed by atoms with Crippen LogP contribution < -0.4 is 5.32 Å². The van der Waals surface area contributed by atoms with Crippen LogP contribution in [-0.4, -0.2) is 15.5 Å². The van der Waals surface area contributed by atoms with E-state index in [1.54, 1.807) is 0 Å². The number of hydrogen-bond acceptors (Lipinski definition) is 2. The maximum absolute atomic E-state index is 12.9. The molecule has 2 aromatic rings. The van der Waals surface area contributed by atoms with Gasteiger partial charge in [-0.15, -0.1) is 0 Å². The summed E-state index contributed by atoms with van der Waals surface area (Å²) in [5.41, 5.74) is 2.96. The minimum atomic E-state index is -0.0627. The fourth-order valence-corrected chi connectivity index (χ4v) is 6.56. The first-order chi connectivity index (χ1) is 13.0. The predicted octanol–water partition coefficient (Wildman–Crippen LogP) is 4.61. The Bertz CT molecular complexity index is 818. The van der Waals surface area contributed by atoms with E-state index < -0.39 is 0 Å². The van der Waals surface area contributed by atoms with Gasteiger partial charge in [-0.25, -0.2) is 4.98 Å². The van der Waals surface area contributed by atoms with Crippen molar-refractivity contribution in [3.8, 4) is 0 Å². The first-order valence-corrected chi connectivity index (χ1v) is 10.4. The van der Waals surface area contributed by atoms with Crippen molar-refractivity contribution in [1.82, 2.24) is 14.9 Å². The van der Waals surface area contributed by atoms with E-state index in [1.807, 2.05) is 43.6 Å². The number of carbonyl (C=O) groups is 1. The van der Waals surface area contributed by atoms with E-state index >= 15 is 0 Å². The molecule has 0 unspecified atom stereocenters. The Morgan fingerprint density at radius 2 is 1.70 bits per heavy atom. The second-order valence-electron chi connectivity index (χ2n) is 9.30. The molecule has 1 aromatic heterocycles. The van der Waals surface area contributed by atoms with E-state index in [9.17, 15) is 4.79 Å². The molecule has 0 spiro atoms. The van der Waals surface area contributed by atoms with Gasteiger partial charge in [-0.3, -0.25) is 4.79 Å². The van der Waals surface area contributed by atoms with Crippen LogP contribution in [0.3, 0.4) is 0 Å². The molecule has 6 rings (SSSR count). The van der Waals surface area contributed by atoms with Crippen LogP contribution in [0.4, 0.5) is 0 Å². The Morgan fingerprint density at radius 3 is 2.30 bits per heavy atom. The lowest BCUT2D eigenvalue weighted by Crippen LogP contribution is -2.52. The second kappa shape index (κ2) is 6.22. The molecule has 0 aliphatic heterocycles. The lowest BCUT2D eigenvalue weighted by molar-refractivity contribution is -0.0440. The average Bonchev–Trinajstić information content (AvgIpc) is 3.03. The van der Waals surface area contributed by atoms with Crippen LogP contribution in [0, 0.1) is 24.7 Å². The number of amides is 1. The summed E-state index contributed by atoms with van der Waals surface area (Å²) in [5.74, 6) is 2.59. The number of rotatable bonds is 4. The number of imidazole rings is 1. The molecule has 4 saturated carbocycles. The standard InChI is InChI=1S/C23H29N3O/c1-15(20-6-4-3-5-7-20)25-22(27)21-16(2)26(14-24-21)23-11-17-8-18(12-23)10-19(9-17)13-23/h3-7,14-15,17-19H,8-13H2,1-2H3,(H,25,27)/t15-,17?,18?,19?,23?/m0/s1. The third-order valence-corrected chi connectivity index (χ3v) is 7.39. The van der Waals surface area contributed by atoms with Gasteiger partial charge in [0.15, 0.2) is 0 Å². The quantitative estimate of drug-likeness (QED) is 0.862. The van der Waals surface area contributed by atoms with Crippen molar-refractivity contribution in [2.24, 2.45) is 17.8 Å². The number of aromatic nitrogens is 2. The normalized spacial score (nSPS) is 32.4. The van der Waals surface area contributed by atoms with Crippen molar-refractivity contribution in [1.29, 1.82) is 0 Å². The maximum Gasteiger partial charge on any atom is 0.272 e. The van der Waals surface area contributed by atoms with E-state index in [-0.39, 0.29) is 17.5 Å². The summed E-state index contributed by atoms with van der Waals surface area (Å²) >= 11 is 0. The van der Waals surface area contributed by atoms with Crippen molar-refractivity contribution < 1.29 is 4.79 Å². The van der Waals surface area contributed by atoms with Gasteiger partial charge >= 0.3 is 0 Å². The van der Waals surface area contributed by atoms with Gasteiger partial charge in [0, 0.05) is 11.2 Å². The van der Waals surface area contributed by atoms with Crippen LogP contribution in [0.15, 0.2) is 36.7 Å². The van der Waals surface area contributed by atoms with E-state index in [0.717, 1.165) is 29.0 Å². The largest absolute Gasteiger partial charge is 0.344 e. The van der Waals surface area contributed by atoms with Gasteiger partial charge in [0.2, 0.25) is 0 Å². The molecule has 4 fully saturated rings. The van der Waals surface area contributed by atoms with E-state index in [1.165, 1.54) is 38.5 Å². The summed E-state index contributed by atoms with van der Waals surface area (Å²) in [4.78, 5) is 17.5. The number of nitrogens with one attached hydrogen (secondary N) is 1. The summed E-state index contributed by atoms with van der Waals surface area (Å²) < 4.78 is 2.37. The highest BCUT2D eigenvalue weighted by atomic mass is 16.2. The smallest absolute Gasteiger partial charge is 0.272 e. The molecule has 142 valence electrons. The van der Waals surface area contributed by atoms with E-state index in [0.29, 0.717) is 5.69 Å². The Kier molecular flexibility index (Phi) is 3.92. The molecular weight excluding hydrogens is 334 g/mol. The van der Waals surface area contributed by atoms with Gasteiger partial charge in [-0.2, -0.15) is 0 Å². The minimum absolute atomic E-state index is 0.0252. The summed E-state index contributed by atoms with van der Waals surface area (Å²) in [6, 6.07) is 10.1. The Morgan fingerprint density at radius 1 is 1.11 bits per heavy atom. The second-order valence-corrected chi connectivity index (χ2v) is 9.30. The van der Waals surface area contributed by atoms with Gasteiger partial charge in [-0.1, -0.05) is 30.3 Å². The molecule has 1 atom stereocenters. The highest BCUT2D eigenvalue weighted by molar-refractivity contribution is 5.93. The van der Waals surface area contributed by atoms with E-state index in [2.05, 4.69) is 21.8 Å². The molecule has 4 aliphatic rings. The van der Waals surface area contributed by atoms with Crippen LogP contribution in [0.5, 0.6) is 0 Å². The van der Waals surface area contributed by atoms with Crippen molar-refractivity contribution in [3.63, 3.8) is 0 Å². The fraction of sp³-hybridized carbons (Fsp3) is 0.565. The third-order valence-electron chi connectivity index (χ3n) is 7.39. The molecule has 4 nitrogen and oxygen atoms in total. The van der Waals surface area contributed by atoms with Crippen molar-refractivity contribution in [2.75, 3.05) is 0 Å². The number of hydrogen-bond donors (Lipinski definition) is 1. The van der Waals surface area contributed by atoms with Crippen LogP contribution in [0.2, 0.25) is 0 Å². The minimum Gasteiger partial charge on any atom is -0.344 e. The van der Waals surface area contributed by atoms with Gasteiger partial charge in [0.1, 0.15) is 5.69 Å². The van der Waals surface area contributed by atoms with Crippen LogP contribution in [0.1, 0.15) is 73.2 Å². The Hall–Kier alpha value is -2.10. The molecule has 0 radical (unpaired) electrons. The summed E-state index contributed by atoms with van der Waals surface area (Å²) in [6.45, 7) is 4.10. The molecule has 1 amide bonds. The Labute approximate surface area is 161 Å². The van der Waals surface area contributed by atoms with Crippen molar-refractivity contribution in [2.45, 2.75) is 64.0 Å². The maximum atomic E-state index is 12.9. The summed E-state index contributed by atoms with van der Waals surface area (Å²) in [6.07, 6.45) is 10.1. The highest BCUT2D eigenvalue weighted by Crippen LogP contribution is 2.59. The van der Waals surface area contributed by atoms with Crippen molar-refractivity contribution in [3.05, 3.63) is 53.6 Å². The highest BCUT2D eigenvalue weighted by Gasteiger charge is 2.52. The molecular formula is C23H29N3O. The molecule has 1 N–H and O–H groups in total. The zero-order valence-electron chi connectivity index (χ0n) is 16.3. The molecule has 27 heavy (non-hydrogen) atoms. The Balaban J connectivity index is 1.38. The van der Waals surface area contributed by atoms with Gasteiger partial charge in [0.25, 0.3) is 5.91 Å². The molecule has 4 bridgehead atoms. The van der Waals surface area contributed by atoms with Gasteiger partial charge < -0.3 is 9.88 Å². The summed E-state index contributed by atoms with van der Waals surface area (Å²) in [5, 5.41) is 3.13. The molecule has 0 saturated heterocycles. The zero-order chi connectivity index (χ0) is 18.6. The van der Waals surface area contributed by atoms with Crippen LogP contribution in [0.25, 0.3) is 0 Å². The lowest BCUT2D eigenvalue weighted by Gasteiger charge is -2.57. The predicted molar refractivity (Wildman–Crippen MR) is 105 cm³/mol. The van der Waals surface area contributed by atoms with Gasteiger partial charge in [0.05, 0.1) is 12.4 Å². The van der Waals surface area contributed by atoms with Crippen LogP contribution >= 0.6 is 0 Å². The molecule has 4 heteroatoms. The van der Waals surface area contributed by atoms with Crippen LogP contribution in [-0.2, 0) is 5.54 Å². The number of nitrogens with zero attached hydrogens (tertiary/aromatic N) is 2. The number of carbonyl (C=O) groups excluding carboxylic acids is 1. The van der Waals surface area contributed by atoms with Crippen molar-refractivity contribution >= 4 is 5.91 Å². The monoisotopic (exact) mass is 363 g/mol. The topological polar surface area (TPSA) is 46.9 Å². The average molecular weight is 364 g/mol. The van der Waals surface area contributed by atoms with Gasteiger partial charge in [-0.05, 0) is 75.7 Å². The zero-order valence-corrected chi connectivity index (χ0v) is 16.3. The molecule has 1 heterocycles. The lowest BCUT2D eigenvalue weighted by atomic mass is 9.53. The number of benzene rings is 1. The van der Waals surface area contributed by atoms with E-state index in [4.69, 9.17) is 0 Å². The fourth-order valence-electron chi connectivity index (χ4n) is 6.56. The summed E-state index contributed by atoms with van der Waals surface area (Å²) in [7, 11) is 0. The first-order valence-electron chi connectivity index (χ1n) is 10.4. The third kappa shape index (κ3) is 2.81. The first kappa shape index (κ1) is 17.0. The SMILES string of the molecule is Cc1c(C(=O)N[C@@H](C)c2ccccc2)ncn1C12CC3CC(CC(C3)C1)C2. The molecule has 4 aliphatic carbocycles. The molecule has 1 aromatic carbocycles.